The lowest BCUT2D eigenvalue weighted by molar-refractivity contribution is 0.0725. The zero-order valence-corrected chi connectivity index (χ0v) is 17.9. The van der Waals surface area contributed by atoms with Crippen molar-refractivity contribution in [2.75, 3.05) is 18.4 Å². The molecule has 0 aromatic heterocycles. The van der Waals surface area contributed by atoms with E-state index < -0.39 is 0 Å². The van der Waals surface area contributed by atoms with E-state index in [1.165, 1.54) is 12.0 Å². The molecule has 2 aromatic rings. The fourth-order valence-corrected chi connectivity index (χ4v) is 5.53. The fourth-order valence-electron chi connectivity index (χ4n) is 5.15. The van der Waals surface area contributed by atoms with Gasteiger partial charge in [0.1, 0.15) is 5.75 Å². The highest BCUT2D eigenvalue weighted by Gasteiger charge is 2.40. The summed E-state index contributed by atoms with van der Waals surface area (Å²) in [6, 6.07) is 11.6. The predicted octanol–water partition coefficient (Wildman–Crippen LogP) is 5.61. The van der Waals surface area contributed by atoms with E-state index in [1.54, 1.807) is 6.07 Å². The minimum absolute atomic E-state index is 0.0460. The summed E-state index contributed by atoms with van der Waals surface area (Å²) in [5.41, 5.74) is 3.75. The zero-order chi connectivity index (χ0) is 20.0. The molecule has 5 heteroatoms. The molecule has 3 aliphatic rings. The van der Waals surface area contributed by atoms with Crippen molar-refractivity contribution in [2.24, 2.45) is 5.92 Å². The largest absolute Gasteiger partial charge is 0.508 e. The number of nitrogens with one attached hydrogen (secondary N) is 1. The Morgan fingerprint density at radius 2 is 1.93 bits per heavy atom. The minimum atomic E-state index is -0.0460. The van der Waals surface area contributed by atoms with Gasteiger partial charge in [-0.05, 0) is 61.4 Å². The number of hydrogen-bond acceptors (Lipinski definition) is 3. The molecule has 0 saturated carbocycles. The van der Waals surface area contributed by atoms with E-state index >= 15 is 0 Å². The maximum absolute atomic E-state index is 13.3. The first-order valence-electron chi connectivity index (χ1n) is 10.5. The maximum atomic E-state index is 13.3. The van der Waals surface area contributed by atoms with E-state index in [0.29, 0.717) is 11.7 Å². The van der Waals surface area contributed by atoms with Crippen molar-refractivity contribution in [3.63, 3.8) is 0 Å². The van der Waals surface area contributed by atoms with Gasteiger partial charge in [-0.2, -0.15) is 0 Å². The van der Waals surface area contributed by atoms with Crippen LogP contribution < -0.4 is 5.32 Å². The fraction of sp³-hybridized carbons (Fsp3) is 0.375. The molecule has 2 aliphatic heterocycles. The second-order valence-electron chi connectivity index (χ2n) is 8.30. The number of para-hydroxylation sites is 1. The second kappa shape index (κ2) is 7.52. The zero-order valence-electron chi connectivity index (χ0n) is 16.3. The van der Waals surface area contributed by atoms with Crippen molar-refractivity contribution in [3.8, 4) is 5.75 Å². The van der Waals surface area contributed by atoms with Gasteiger partial charge in [0.15, 0.2) is 0 Å². The number of hydrogen-bond donors (Lipinski definition) is 2. The third kappa shape index (κ3) is 3.25. The molecule has 150 valence electrons. The first-order valence-corrected chi connectivity index (χ1v) is 11.3. The van der Waals surface area contributed by atoms with Crippen molar-refractivity contribution >= 4 is 27.5 Å². The number of aromatic hydroxyl groups is 1. The van der Waals surface area contributed by atoms with Crippen molar-refractivity contribution in [1.29, 1.82) is 0 Å². The molecule has 1 amide bonds. The Morgan fingerprint density at radius 1 is 1.10 bits per heavy atom. The molecule has 0 radical (unpaired) electrons. The molecule has 2 heterocycles. The van der Waals surface area contributed by atoms with Gasteiger partial charge in [-0.15, -0.1) is 0 Å². The molecule has 0 spiro atoms. The summed E-state index contributed by atoms with van der Waals surface area (Å²) in [4.78, 5) is 15.3. The molecule has 1 aliphatic carbocycles. The average molecular weight is 453 g/mol. The third-order valence-electron chi connectivity index (χ3n) is 6.60. The Kier molecular flexibility index (Phi) is 4.86. The minimum Gasteiger partial charge on any atom is -0.508 e. The number of allylic oxidation sites excluding steroid dienone is 2. The molecule has 4 nitrogen and oxygen atoms in total. The van der Waals surface area contributed by atoms with Crippen molar-refractivity contribution in [3.05, 3.63) is 69.7 Å². The Labute approximate surface area is 179 Å². The van der Waals surface area contributed by atoms with Gasteiger partial charge in [-0.25, -0.2) is 0 Å². The van der Waals surface area contributed by atoms with Gasteiger partial charge < -0.3 is 15.3 Å². The van der Waals surface area contributed by atoms with E-state index in [1.807, 2.05) is 29.2 Å². The summed E-state index contributed by atoms with van der Waals surface area (Å²) in [7, 11) is 0. The quantitative estimate of drug-likeness (QED) is 0.582. The van der Waals surface area contributed by atoms with E-state index in [2.05, 4.69) is 39.5 Å². The number of halogens is 1. The van der Waals surface area contributed by atoms with Crippen LogP contribution in [-0.2, 0) is 0 Å². The Hall–Kier alpha value is -2.27. The van der Waals surface area contributed by atoms with Gasteiger partial charge in [-0.1, -0.05) is 40.2 Å². The number of benzene rings is 2. The van der Waals surface area contributed by atoms with Crippen LogP contribution in [-0.4, -0.2) is 29.0 Å². The molecule has 5 rings (SSSR count). The lowest BCUT2D eigenvalue weighted by Gasteiger charge is -2.39. The predicted molar refractivity (Wildman–Crippen MR) is 118 cm³/mol. The molecule has 1 fully saturated rings. The molecular formula is C24H25BrN2O2. The number of fused-ring (bicyclic) bond motifs is 3. The highest BCUT2D eigenvalue weighted by Crippen LogP contribution is 2.52. The van der Waals surface area contributed by atoms with Gasteiger partial charge in [0.2, 0.25) is 0 Å². The number of piperidine rings is 1. The normalized spacial score (nSPS) is 25.3. The molecule has 2 aromatic carbocycles. The van der Waals surface area contributed by atoms with Crippen molar-refractivity contribution < 1.29 is 9.90 Å². The van der Waals surface area contributed by atoms with Crippen LogP contribution in [0.5, 0.6) is 5.75 Å². The van der Waals surface area contributed by atoms with Crippen LogP contribution in [0.3, 0.4) is 0 Å². The standard InChI is InChI=1S/C24H25BrN2O2/c25-15-10-11-21(28)20(14-15)23-18-7-4-6-16(18)17-8-5-9-19(22(17)26-23)24(29)27-12-2-1-3-13-27/h4-6,8-11,14,16,18,23,26,28H,1-3,7,12-13H2. The summed E-state index contributed by atoms with van der Waals surface area (Å²) in [5.74, 6) is 0.984. The monoisotopic (exact) mass is 452 g/mol. The third-order valence-corrected chi connectivity index (χ3v) is 7.09. The van der Waals surface area contributed by atoms with Crippen LogP contribution in [0.4, 0.5) is 5.69 Å². The second-order valence-corrected chi connectivity index (χ2v) is 9.22. The van der Waals surface area contributed by atoms with E-state index in [-0.39, 0.29) is 17.9 Å². The highest BCUT2D eigenvalue weighted by molar-refractivity contribution is 9.10. The summed E-state index contributed by atoms with van der Waals surface area (Å²) in [6.45, 7) is 1.68. The number of amides is 1. The van der Waals surface area contributed by atoms with Crippen LogP contribution in [0, 0.1) is 5.92 Å². The van der Waals surface area contributed by atoms with E-state index in [4.69, 9.17) is 0 Å². The Bertz CT molecular complexity index is 981. The number of anilines is 1. The SMILES string of the molecule is O=C(c1cccc2c1NC(c1cc(Br)ccc1O)C1CC=CC21)N1CCCCC1. The lowest BCUT2D eigenvalue weighted by Crippen LogP contribution is -2.37. The topological polar surface area (TPSA) is 52.6 Å². The molecule has 29 heavy (non-hydrogen) atoms. The van der Waals surface area contributed by atoms with E-state index in [9.17, 15) is 9.90 Å². The lowest BCUT2D eigenvalue weighted by atomic mass is 9.76. The van der Waals surface area contributed by atoms with Crippen LogP contribution in [0.15, 0.2) is 53.0 Å². The van der Waals surface area contributed by atoms with Crippen LogP contribution >= 0.6 is 15.9 Å². The summed E-state index contributed by atoms with van der Waals surface area (Å²) in [6.07, 6.45) is 8.81. The van der Waals surface area contributed by atoms with E-state index in [0.717, 1.165) is 53.6 Å². The number of phenols is 1. The smallest absolute Gasteiger partial charge is 0.255 e. The number of nitrogens with zero attached hydrogens (tertiary/aromatic N) is 1. The number of carbonyl (C=O) groups excluding carboxylic acids is 1. The molecule has 3 unspecified atom stereocenters. The van der Waals surface area contributed by atoms with Crippen LogP contribution in [0.1, 0.15) is 59.1 Å². The highest BCUT2D eigenvalue weighted by atomic mass is 79.9. The number of carbonyl (C=O) groups is 1. The number of phenolic OH excluding ortho intramolecular Hbond substituents is 1. The van der Waals surface area contributed by atoms with Crippen molar-refractivity contribution in [1.82, 2.24) is 4.90 Å². The summed E-state index contributed by atoms with van der Waals surface area (Å²) >= 11 is 3.54. The Morgan fingerprint density at radius 3 is 2.76 bits per heavy atom. The van der Waals surface area contributed by atoms with Gasteiger partial charge in [0, 0.05) is 29.0 Å². The van der Waals surface area contributed by atoms with Gasteiger partial charge >= 0.3 is 0 Å². The van der Waals surface area contributed by atoms with Gasteiger partial charge in [0.05, 0.1) is 17.3 Å². The summed E-state index contributed by atoms with van der Waals surface area (Å²) in [5, 5.41) is 14.3. The number of likely N-dealkylation sites (tertiary alicyclic amines) is 1. The molecular weight excluding hydrogens is 428 g/mol. The molecule has 0 bridgehead atoms. The Balaban J connectivity index is 1.58. The first kappa shape index (κ1) is 18.7. The van der Waals surface area contributed by atoms with Crippen LogP contribution in [0.25, 0.3) is 0 Å². The van der Waals surface area contributed by atoms with Crippen LogP contribution in [0.2, 0.25) is 0 Å². The molecule has 3 atom stereocenters. The first-order chi connectivity index (χ1) is 14.1. The van der Waals surface area contributed by atoms with Crippen molar-refractivity contribution in [2.45, 2.75) is 37.6 Å². The average Bonchev–Trinajstić information content (AvgIpc) is 3.25. The van der Waals surface area contributed by atoms with Gasteiger partial charge in [0.25, 0.3) is 5.91 Å². The summed E-state index contributed by atoms with van der Waals surface area (Å²) < 4.78 is 0.943. The maximum Gasteiger partial charge on any atom is 0.255 e. The molecule has 1 saturated heterocycles. The van der Waals surface area contributed by atoms with Gasteiger partial charge in [-0.3, -0.25) is 4.79 Å². The molecule has 2 N–H and O–H groups in total. The number of rotatable bonds is 2.